The molecule has 5 nitrogen and oxygen atoms in total. The molecule has 1 rings (SSSR count). The highest BCUT2D eigenvalue weighted by Crippen LogP contribution is 2.17. The van der Waals surface area contributed by atoms with Crippen molar-refractivity contribution in [3.63, 3.8) is 0 Å². The molecule has 1 aromatic carbocycles. The Morgan fingerprint density at radius 3 is 2.45 bits per heavy atom. The van der Waals surface area contributed by atoms with Gasteiger partial charge in [-0.15, -0.1) is 0 Å². The van der Waals surface area contributed by atoms with Gasteiger partial charge in [0.1, 0.15) is 0 Å². The van der Waals surface area contributed by atoms with Gasteiger partial charge in [-0.3, -0.25) is 9.59 Å². The van der Waals surface area contributed by atoms with Crippen LogP contribution < -0.4 is 10.6 Å². The number of hydrogen-bond donors (Lipinski definition) is 3. The van der Waals surface area contributed by atoms with E-state index in [-0.39, 0.29) is 12.5 Å². The Balaban J connectivity index is 2.64. The van der Waals surface area contributed by atoms with Gasteiger partial charge in [0.25, 0.3) is 0 Å². The maximum absolute atomic E-state index is 12.0. The Labute approximate surface area is 132 Å². The standard InChI is InChI=1S/C17H26N2O3/c1-5-8-13-9-6-7-10-14(13)19-16(21)15(20)18-11-17(4,22)12(2)3/h6-7,9-10,12,22H,5,8,11H2,1-4H3,(H,18,20)(H,19,21). The number of aliphatic hydroxyl groups is 1. The number of hydrogen-bond acceptors (Lipinski definition) is 3. The number of amides is 2. The van der Waals surface area contributed by atoms with Crippen molar-refractivity contribution in [1.82, 2.24) is 5.32 Å². The third-order valence-corrected chi connectivity index (χ3v) is 3.84. The SMILES string of the molecule is CCCc1ccccc1NC(=O)C(=O)NCC(C)(O)C(C)C. The molecule has 3 N–H and O–H groups in total. The first kappa shape index (κ1) is 18.2. The molecule has 1 aromatic rings. The second-order valence-electron chi connectivity index (χ2n) is 6.06. The van der Waals surface area contributed by atoms with Gasteiger partial charge < -0.3 is 15.7 Å². The molecule has 1 atom stereocenters. The van der Waals surface area contributed by atoms with Gasteiger partial charge >= 0.3 is 11.8 Å². The summed E-state index contributed by atoms with van der Waals surface area (Å²) >= 11 is 0. The van der Waals surface area contributed by atoms with Crippen molar-refractivity contribution in [2.75, 3.05) is 11.9 Å². The lowest BCUT2D eigenvalue weighted by Gasteiger charge is -2.27. The smallest absolute Gasteiger partial charge is 0.313 e. The fraction of sp³-hybridized carbons (Fsp3) is 0.529. The summed E-state index contributed by atoms with van der Waals surface area (Å²) in [5.41, 5.74) is 0.608. The molecule has 0 radical (unpaired) electrons. The minimum atomic E-state index is -1.05. The number of carbonyl (C=O) groups is 2. The summed E-state index contributed by atoms with van der Waals surface area (Å²) in [5, 5.41) is 15.2. The molecule has 0 aliphatic carbocycles. The molecule has 2 amide bonds. The summed E-state index contributed by atoms with van der Waals surface area (Å²) in [6.07, 6.45) is 1.79. The summed E-state index contributed by atoms with van der Waals surface area (Å²) in [7, 11) is 0. The fourth-order valence-electron chi connectivity index (χ4n) is 1.85. The molecule has 0 aliphatic rings. The van der Waals surface area contributed by atoms with Crippen LogP contribution in [0.5, 0.6) is 0 Å². The molecule has 0 bridgehead atoms. The number of anilines is 1. The van der Waals surface area contributed by atoms with Crippen LogP contribution >= 0.6 is 0 Å². The van der Waals surface area contributed by atoms with Crippen molar-refractivity contribution in [1.29, 1.82) is 0 Å². The highest BCUT2D eigenvalue weighted by atomic mass is 16.3. The van der Waals surface area contributed by atoms with Crippen LogP contribution in [0.2, 0.25) is 0 Å². The average molecular weight is 306 g/mol. The molecular formula is C17H26N2O3. The lowest BCUT2D eigenvalue weighted by molar-refractivity contribution is -0.137. The summed E-state index contributed by atoms with van der Waals surface area (Å²) in [4.78, 5) is 23.8. The molecule has 0 fully saturated rings. The molecule has 0 aliphatic heterocycles. The van der Waals surface area contributed by atoms with Crippen molar-refractivity contribution < 1.29 is 14.7 Å². The molecular weight excluding hydrogens is 280 g/mol. The zero-order chi connectivity index (χ0) is 16.8. The van der Waals surface area contributed by atoms with Crippen molar-refractivity contribution in [2.24, 2.45) is 5.92 Å². The Morgan fingerprint density at radius 1 is 1.23 bits per heavy atom. The maximum Gasteiger partial charge on any atom is 0.313 e. The van der Waals surface area contributed by atoms with E-state index < -0.39 is 17.4 Å². The Morgan fingerprint density at radius 2 is 1.86 bits per heavy atom. The quantitative estimate of drug-likeness (QED) is 0.704. The molecule has 0 saturated heterocycles. The van der Waals surface area contributed by atoms with Crippen LogP contribution in [-0.2, 0) is 16.0 Å². The van der Waals surface area contributed by atoms with Gasteiger partial charge in [0.2, 0.25) is 0 Å². The summed E-state index contributed by atoms with van der Waals surface area (Å²) in [6, 6.07) is 7.43. The van der Waals surface area contributed by atoms with E-state index in [0.717, 1.165) is 18.4 Å². The Bertz CT molecular complexity index is 524. The third-order valence-electron chi connectivity index (χ3n) is 3.84. The van der Waals surface area contributed by atoms with Crippen molar-refractivity contribution >= 4 is 17.5 Å². The van der Waals surface area contributed by atoms with E-state index in [1.165, 1.54) is 0 Å². The molecule has 0 heterocycles. The fourth-order valence-corrected chi connectivity index (χ4v) is 1.85. The highest BCUT2D eigenvalue weighted by molar-refractivity contribution is 6.39. The summed E-state index contributed by atoms with van der Waals surface area (Å²) in [5.74, 6) is -1.49. The van der Waals surface area contributed by atoms with E-state index in [1.54, 1.807) is 13.0 Å². The number of para-hydroxylation sites is 1. The van der Waals surface area contributed by atoms with Gasteiger partial charge in [0, 0.05) is 12.2 Å². The molecule has 0 spiro atoms. The number of rotatable bonds is 6. The average Bonchev–Trinajstić information content (AvgIpc) is 2.47. The van der Waals surface area contributed by atoms with Gasteiger partial charge in [0.15, 0.2) is 0 Å². The number of aryl methyl sites for hydroxylation is 1. The van der Waals surface area contributed by atoms with Crippen molar-refractivity contribution in [3.05, 3.63) is 29.8 Å². The molecule has 0 aromatic heterocycles. The van der Waals surface area contributed by atoms with Crippen LogP contribution in [0.1, 0.15) is 39.7 Å². The molecule has 0 saturated carbocycles. The molecule has 5 heteroatoms. The van der Waals surface area contributed by atoms with Gasteiger partial charge in [-0.05, 0) is 30.9 Å². The van der Waals surface area contributed by atoms with Gasteiger partial charge in [-0.1, -0.05) is 45.4 Å². The normalized spacial score (nSPS) is 13.5. The van der Waals surface area contributed by atoms with Crippen molar-refractivity contribution in [2.45, 2.75) is 46.1 Å². The lowest BCUT2D eigenvalue weighted by atomic mass is 9.92. The summed E-state index contributed by atoms with van der Waals surface area (Å²) < 4.78 is 0. The topological polar surface area (TPSA) is 78.4 Å². The van der Waals surface area contributed by atoms with Gasteiger partial charge in [-0.25, -0.2) is 0 Å². The predicted molar refractivity (Wildman–Crippen MR) is 87.5 cm³/mol. The minimum Gasteiger partial charge on any atom is -0.388 e. The monoisotopic (exact) mass is 306 g/mol. The number of benzene rings is 1. The van der Waals surface area contributed by atoms with E-state index in [2.05, 4.69) is 17.6 Å². The number of nitrogens with one attached hydrogen (secondary N) is 2. The number of carbonyl (C=O) groups excluding carboxylic acids is 2. The van der Waals surface area contributed by atoms with Crippen LogP contribution in [0.3, 0.4) is 0 Å². The van der Waals surface area contributed by atoms with Gasteiger partial charge in [0.05, 0.1) is 5.60 Å². The van der Waals surface area contributed by atoms with E-state index in [4.69, 9.17) is 0 Å². The predicted octanol–water partition coefficient (Wildman–Crippen LogP) is 2.10. The molecule has 122 valence electrons. The third kappa shape index (κ3) is 5.15. The first-order valence-corrected chi connectivity index (χ1v) is 7.67. The molecule has 22 heavy (non-hydrogen) atoms. The van der Waals surface area contributed by atoms with E-state index in [9.17, 15) is 14.7 Å². The summed E-state index contributed by atoms with van der Waals surface area (Å²) in [6.45, 7) is 7.43. The largest absolute Gasteiger partial charge is 0.388 e. The van der Waals surface area contributed by atoms with E-state index in [0.29, 0.717) is 5.69 Å². The zero-order valence-corrected chi connectivity index (χ0v) is 13.8. The first-order valence-electron chi connectivity index (χ1n) is 7.67. The molecule has 1 unspecified atom stereocenters. The van der Waals surface area contributed by atoms with Crippen LogP contribution in [0.4, 0.5) is 5.69 Å². The second-order valence-corrected chi connectivity index (χ2v) is 6.06. The first-order chi connectivity index (χ1) is 10.3. The lowest BCUT2D eigenvalue weighted by Crippen LogP contribution is -2.47. The van der Waals surface area contributed by atoms with Crippen molar-refractivity contribution in [3.8, 4) is 0 Å². The van der Waals surface area contributed by atoms with E-state index in [1.807, 2.05) is 32.0 Å². The van der Waals surface area contributed by atoms with E-state index >= 15 is 0 Å². The minimum absolute atomic E-state index is 0.0267. The second kappa shape index (κ2) is 7.94. The Kier molecular flexibility index (Phi) is 6.56. The Hall–Kier alpha value is -1.88. The van der Waals surface area contributed by atoms with Gasteiger partial charge in [-0.2, -0.15) is 0 Å². The van der Waals surface area contributed by atoms with Crippen LogP contribution in [0.25, 0.3) is 0 Å². The van der Waals surface area contributed by atoms with Crippen LogP contribution in [0, 0.1) is 5.92 Å². The van der Waals surface area contributed by atoms with Crippen LogP contribution in [-0.4, -0.2) is 29.1 Å². The van der Waals surface area contributed by atoms with Crippen LogP contribution in [0.15, 0.2) is 24.3 Å². The maximum atomic E-state index is 12.0. The highest BCUT2D eigenvalue weighted by Gasteiger charge is 2.26. The zero-order valence-electron chi connectivity index (χ0n) is 13.8.